The third-order valence-electron chi connectivity index (χ3n) is 7.10. The zero-order chi connectivity index (χ0) is 24.3. The number of aryl methyl sites for hydroxylation is 1. The Balaban J connectivity index is 1.21. The van der Waals surface area contributed by atoms with Gasteiger partial charge in [-0.05, 0) is 56.9 Å². The molecule has 2 aromatic heterocycles. The highest BCUT2D eigenvalue weighted by molar-refractivity contribution is 5.22. The second-order valence-corrected chi connectivity index (χ2v) is 10.2. The van der Waals surface area contributed by atoms with Crippen LogP contribution >= 0.6 is 0 Å². The molecule has 2 heterocycles. The lowest BCUT2D eigenvalue weighted by atomic mass is 9.95. The lowest BCUT2D eigenvalue weighted by Crippen LogP contribution is -2.32. The summed E-state index contributed by atoms with van der Waals surface area (Å²) in [5, 5.41) is 3.76. The molecule has 0 bridgehead atoms. The molecule has 0 saturated heterocycles. The summed E-state index contributed by atoms with van der Waals surface area (Å²) in [5.41, 5.74) is 2.68. The Kier molecular flexibility index (Phi) is 9.93. The van der Waals surface area contributed by atoms with Gasteiger partial charge in [-0.25, -0.2) is 9.97 Å². The number of hydrogen-bond donors (Lipinski definition) is 2. The third-order valence-corrected chi connectivity index (χ3v) is 7.10. The van der Waals surface area contributed by atoms with E-state index in [2.05, 4.69) is 65.9 Å². The van der Waals surface area contributed by atoms with Crippen molar-refractivity contribution in [3.05, 3.63) is 71.8 Å². The lowest BCUT2D eigenvalue weighted by molar-refractivity contribution is 0.233. The van der Waals surface area contributed by atoms with E-state index < -0.39 is 0 Å². The molecule has 1 aliphatic carbocycles. The Morgan fingerprint density at radius 3 is 2.40 bits per heavy atom. The highest BCUT2D eigenvalue weighted by atomic mass is 15.2. The molecule has 0 unspecified atom stereocenters. The van der Waals surface area contributed by atoms with Crippen LogP contribution in [0.2, 0.25) is 0 Å². The van der Waals surface area contributed by atoms with Crippen LogP contribution in [0.15, 0.2) is 49.1 Å². The van der Waals surface area contributed by atoms with Crippen LogP contribution < -0.4 is 5.32 Å². The van der Waals surface area contributed by atoms with Gasteiger partial charge in [0.2, 0.25) is 0 Å². The topological polar surface area (TPSA) is 65.0 Å². The first-order valence-corrected chi connectivity index (χ1v) is 13.3. The number of benzene rings is 1. The minimum absolute atomic E-state index is 0.764. The molecule has 0 atom stereocenters. The van der Waals surface area contributed by atoms with Crippen molar-refractivity contribution in [1.29, 1.82) is 0 Å². The van der Waals surface area contributed by atoms with Crippen LogP contribution in [-0.2, 0) is 33.2 Å². The molecule has 0 radical (unpaired) electrons. The first-order valence-electron chi connectivity index (χ1n) is 13.3. The van der Waals surface area contributed by atoms with Gasteiger partial charge in [0.25, 0.3) is 0 Å². The van der Waals surface area contributed by atoms with Gasteiger partial charge in [0, 0.05) is 51.0 Å². The van der Waals surface area contributed by atoms with Crippen LogP contribution in [0.25, 0.3) is 0 Å². The van der Waals surface area contributed by atoms with E-state index in [0.717, 1.165) is 50.4 Å². The molecular weight excluding hydrogens is 434 g/mol. The van der Waals surface area contributed by atoms with E-state index in [-0.39, 0.29) is 0 Å². The number of H-pyrrole nitrogens is 1. The first-order chi connectivity index (χ1) is 17.2. The minimum Gasteiger partial charge on any atom is -0.348 e. The van der Waals surface area contributed by atoms with Crippen molar-refractivity contribution >= 4 is 0 Å². The third kappa shape index (κ3) is 8.60. The Morgan fingerprint density at radius 1 is 0.943 bits per heavy atom. The van der Waals surface area contributed by atoms with Gasteiger partial charge in [-0.2, -0.15) is 0 Å². The van der Waals surface area contributed by atoms with Gasteiger partial charge in [0.1, 0.15) is 11.6 Å². The molecule has 190 valence electrons. The van der Waals surface area contributed by atoms with Crippen molar-refractivity contribution < 1.29 is 0 Å². The highest BCUT2D eigenvalue weighted by Gasteiger charge is 2.13. The monoisotopic (exact) mass is 477 g/mol. The fourth-order valence-corrected chi connectivity index (χ4v) is 5.03. The molecule has 3 aromatic rings. The summed E-state index contributed by atoms with van der Waals surface area (Å²) in [6, 6.07) is 9.87. The molecular formula is C28H43N7. The maximum atomic E-state index is 4.51. The van der Waals surface area contributed by atoms with E-state index >= 15 is 0 Å². The molecule has 0 spiro atoms. The Labute approximate surface area is 211 Å². The summed E-state index contributed by atoms with van der Waals surface area (Å²) in [7, 11) is 4.28. The van der Waals surface area contributed by atoms with Crippen LogP contribution in [0.1, 0.15) is 67.7 Å². The molecule has 0 aliphatic heterocycles. The molecule has 1 fully saturated rings. The highest BCUT2D eigenvalue weighted by Crippen LogP contribution is 2.17. The maximum absolute atomic E-state index is 4.51. The molecule has 4 rings (SSSR count). The van der Waals surface area contributed by atoms with Gasteiger partial charge < -0.3 is 19.8 Å². The average molecular weight is 478 g/mol. The van der Waals surface area contributed by atoms with Gasteiger partial charge >= 0.3 is 0 Å². The van der Waals surface area contributed by atoms with Crippen LogP contribution in [0.5, 0.6) is 0 Å². The summed E-state index contributed by atoms with van der Waals surface area (Å²) < 4.78 is 2.08. The van der Waals surface area contributed by atoms with Crippen molar-refractivity contribution in [3.8, 4) is 0 Å². The molecule has 1 aliphatic rings. The number of hydrogen-bond acceptors (Lipinski definition) is 5. The van der Waals surface area contributed by atoms with E-state index in [1.165, 1.54) is 62.6 Å². The quantitative estimate of drug-likeness (QED) is 0.335. The fourth-order valence-electron chi connectivity index (χ4n) is 5.03. The van der Waals surface area contributed by atoms with Crippen LogP contribution in [-0.4, -0.2) is 55.5 Å². The van der Waals surface area contributed by atoms with Crippen molar-refractivity contribution in [3.63, 3.8) is 0 Å². The number of aromatic amines is 1. The molecule has 2 N–H and O–H groups in total. The Bertz CT molecular complexity index is 958. The average Bonchev–Trinajstić information content (AvgIpc) is 3.52. The minimum atomic E-state index is 0.764. The van der Waals surface area contributed by atoms with Gasteiger partial charge in [0.15, 0.2) is 0 Å². The van der Waals surface area contributed by atoms with Crippen molar-refractivity contribution in [2.45, 2.75) is 77.2 Å². The zero-order valence-corrected chi connectivity index (χ0v) is 21.6. The number of nitrogens with zero attached hydrogens (tertiary/aromatic N) is 5. The normalized spacial score (nSPS) is 14.9. The SMILES string of the molecule is CN(CCCCNC1CCCCC1)Cc1ccc(CN(Cc2ncc[nH]2)Cc2nccn2C)cc1. The van der Waals surface area contributed by atoms with Crippen LogP contribution in [0, 0.1) is 0 Å². The van der Waals surface area contributed by atoms with Gasteiger partial charge in [0.05, 0.1) is 13.1 Å². The predicted molar refractivity (Wildman–Crippen MR) is 142 cm³/mol. The molecule has 1 aromatic carbocycles. The Morgan fingerprint density at radius 2 is 1.71 bits per heavy atom. The van der Waals surface area contributed by atoms with E-state index in [1.54, 1.807) is 0 Å². The number of unbranched alkanes of at least 4 members (excludes halogenated alkanes) is 1. The maximum Gasteiger partial charge on any atom is 0.122 e. The molecule has 7 nitrogen and oxygen atoms in total. The smallest absolute Gasteiger partial charge is 0.122 e. The van der Waals surface area contributed by atoms with Crippen LogP contribution in [0.3, 0.4) is 0 Å². The summed E-state index contributed by atoms with van der Waals surface area (Å²) in [4.78, 5) is 17.0. The lowest BCUT2D eigenvalue weighted by Gasteiger charge is -2.23. The van der Waals surface area contributed by atoms with E-state index in [9.17, 15) is 0 Å². The number of rotatable bonds is 14. The van der Waals surface area contributed by atoms with Gasteiger partial charge in [-0.1, -0.05) is 43.5 Å². The number of nitrogens with one attached hydrogen (secondary N) is 2. The summed E-state index contributed by atoms with van der Waals surface area (Å²) in [6.45, 7) is 5.72. The van der Waals surface area contributed by atoms with Crippen LogP contribution in [0.4, 0.5) is 0 Å². The van der Waals surface area contributed by atoms with Crippen molar-refractivity contribution in [2.75, 3.05) is 20.1 Å². The van der Waals surface area contributed by atoms with Gasteiger partial charge in [-0.3, -0.25) is 4.90 Å². The predicted octanol–water partition coefficient (Wildman–Crippen LogP) is 4.48. The standard InChI is InChI=1S/C28H43N7/c1-33(18-7-6-14-29-26-8-4-3-5-9-26)20-24-10-12-25(13-11-24)21-35(22-27-30-15-16-31-27)23-28-32-17-19-34(28)2/h10-13,15-17,19,26,29H,3-9,14,18,20-23H2,1-2H3,(H,30,31). The fraction of sp³-hybridized carbons (Fsp3) is 0.571. The van der Waals surface area contributed by atoms with Crippen molar-refractivity contribution in [1.82, 2.24) is 34.6 Å². The number of aromatic nitrogens is 4. The molecule has 0 amide bonds. The number of imidazole rings is 2. The molecule has 35 heavy (non-hydrogen) atoms. The molecule has 7 heteroatoms. The zero-order valence-electron chi connectivity index (χ0n) is 21.6. The van der Waals surface area contributed by atoms with Crippen molar-refractivity contribution in [2.24, 2.45) is 7.05 Å². The van der Waals surface area contributed by atoms with E-state index in [4.69, 9.17) is 0 Å². The van der Waals surface area contributed by atoms with E-state index in [1.807, 2.05) is 31.8 Å². The first kappa shape index (κ1) is 25.6. The molecule has 1 saturated carbocycles. The van der Waals surface area contributed by atoms with E-state index in [0.29, 0.717) is 0 Å². The Hall–Kier alpha value is -2.48. The summed E-state index contributed by atoms with van der Waals surface area (Å²) in [6.07, 6.45) is 17.1. The summed E-state index contributed by atoms with van der Waals surface area (Å²) in [5.74, 6) is 2.04. The second-order valence-electron chi connectivity index (χ2n) is 10.2. The second kappa shape index (κ2) is 13.6. The largest absolute Gasteiger partial charge is 0.348 e. The summed E-state index contributed by atoms with van der Waals surface area (Å²) >= 11 is 0. The van der Waals surface area contributed by atoms with Gasteiger partial charge in [-0.15, -0.1) is 0 Å².